The first-order valence-electron chi connectivity index (χ1n) is 6.96. The fourth-order valence-electron chi connectivity index (χ4n) is 2.05. The summed E-state index contributed by atoms with van der Waals surface area (Å²) in [5, 5.41) is 14.2. The first-order valence-corrected chi connectivity index (χ1v) is 7.34. The minimum Gasteiger partial charge on any atom is -0.480 e. The summed E-state index contributed by atoms with van der Waals surface area (Å²) in [6.45, 7) is 7.46. The van der Waals surface area contributed by atoms with Gasteiger partial charge in [-0.05, 0) is 27.2 Å². The van der Waals surface area contributed by atoms with Crippen LogP contribution in [0.5, 0.6) is 0 Å². The van der Waals surface area contributed by atoms with Gasteiger partial charge in [0.05, 0.1) is 23.0 Å². The van der Waals surface area contributed by atoms with Crippen molar-refractivity contribution in [1.29, 1.82) is 0 Å². The number of aliphatic carboxylic acids is 1. The van der Waals surface area contributed by atoms with Gasteiger partial charge < -0.3 is 9.84 Å². The van der Waals surface area contributed by atoms with Crippen molar-refractivity contribution in [3.8, 4) is 0 Å². The molecule has 1 aromatic heterocycles. The lowest BCUT2D eigenvalue weighted by Gasteiger charge is -2.23. The second-order valence-electron chi connectivity index (χ2n) is 4.91. The van der Waals surface area contributed by atoms with Gasteiger partial charge in [0.2, 0.25) is 0 Å². The molecule has 0 aliphatic carbocycles. The van der Waals surface area contributed by atoms with E-state index in [1.807, 2.05) is 13.8 Å². The van der Waals surface area contributed by atoms with Crippen molar-refractivity contribution in [2.45, 2.75) is 47.1 Å². The molecule has 21 heavy (non-hydrogen) atoms. The van der Waals surface area contributed by atoms with E-state index in [1.54, 1.807) is 11.6 Å². The van der Waals surface area contributed by atoms with Gasteiger partial charge in [0.1, 0.15) is 0 Å². The minimum atomic E-state index is -1.68. The number of carboxylic acid groups (broad SMARTS) is 1. The zero-order valence-electron chi connectivity index (χ0n) is 12.8. The molecule has 0 bridgehead atoms. The lowest BCUT2D eigenvalue weighted by molar-refractivity contribution is -0.167. The van der Waals surface area contributed by atoms with E-state index in [2.05, 4.69) is 5.10 Å². The fraction of sp³-hybridized carbons (Fsp3) is 0.643. The molecule has 7 heteroatoms. The molecule has 0 radical (unpaired) electrons. The molecule has 1 N–H and O–H groups in total. The molecule has 0 spiro atoms. The Kier molecular flexibility index (Phi) is 5.78. The van der Waals surface area contributed by atoms with E-state index < -0.39 is 17.4 Å². The number of esters is 1. The van der Waals surface area contributed by atoms with Gasteiger partial charge in [-0.2, -0.15) is 5.10 Å². The molecule has 0 saturated heterocycles. The predicted octanol–water partition coefficient (Wildman–Crippen LogP) is 2.32. The number of aryl methyl sites for hydroxylation is 2. The van der Waals surface area contributed by atoms with Crippen LogP contribution in [0.2, 0.25) is 5.02 Å². The van der Waals surface area contributed by atoms with E-state index in [9.17, 15) is 14.7 Å². The normalized spacial score (nSPS) is 13.8. The maximum absolute atomic E-state index is 12.0. The summed E-state index contributed by atoms with van der Waals surface area (Å²) in [4.78, 5) is 23.6. The standard InChI is InChI=1S/C14H21ClN2O4/c1-5-9-11(15)10(17(6-2)16-9)8-14(4,12(18)19)13(20)21-7-3/h5-8H2,1-4H3,(H,18,19). The van der Waals surface area contributed by atoms with Crippen molar-refractivity contribution in [2.75, 3.05) is 6.61 Å². The second-order valence-corrected chi connectivity index (χ2v) is 5.29. The van der Waals surface area contributed by atoms with Crippen LogP contribution in [0.1, 0.15) is 39.1 Å². The molecule has 0 aromatic carbocycles. The molecular weight excluding hydrogens is 296 g/mol. The van der Waals surface area contributed by atoms with E-state index in [0.717, 1.165) is 0 Å². The average molecular weight is 317 g/mol. The molecule has 0 aliphatic heterocycles. The van der Waals surface area contributed by atoms with E-state index >= 15 is 0 Å². The first-order chi connectivity index (χ1) is 9.81. The van der Waals surface area contributed by atoms with Gasteiger partial charge in [-0.15, -0.1) is 0 Å². The minimum absolute atomic E-state index is 0.0547. The Balaban J connectivity index is 3.24. The molecule has 0 amide bonds. The maximum Gasteiger partial charge on any atom is 0.323 e. The van der Waals surface area contributed by atoms with Crippen LogP contribution in [0.25, 0.3) is 0 Å². The van der Waals surface area contributed by atoms with Crippen molar-refractivity contribution >= 4 is 23.5 Å². The third-order valence-electron chi connectivity index (χ3n) is 3.41. The van der Waals surface area contributed by atoms with Crippen LogP contribution in [0.15, 0.2) is 0 Å². The Morgan fingerprint density at radius 1 is 1.38 bits per heavy atom. The van der Waals surface area contributed by atoms with Crippen LogP contribution < -0.4 is 0 Å². The molecule has 1 rings (SSSR count). The van der Waals surface area contributed by atoms with E-state index in [1.165, 1.54) is 6.92 Å². The lowest BCUT2D eigenvalue weighted by Crippen LogP contribution is -2.40. The SMILES string of the molecule is CCOC(=O)C(C)(Cc1c(Cl)c(CC)nn1CC)C(=O)O. The largest absolute Gasteiger partial charge is 0.480 e. The highest BCUT2D eigenvalue weighted by atomic mass is 35.5. The number of hydrogen-bond donors (Lipinski definition) is 1. The highest BCUT2D eigenvalue weighted by Crippen LogP contribution is 2.31. The highest BCUT2D eigenvalue weighted by Gasteiger charge is 2.44. The average Bonchev–Trinajstić information content (AvgIpc) is 2.75. The Morgan fingerprint density at radius 2 is 2.00 bits per heavy atom. The molecule has 1 heterocycles. The first kappa shape index (κ1) is 17.5. The maximum atomic E-state index is 12.0. The van der Waals surface area contributed by atoms with Gasteiger partial charge >= 0.3 is 11.9 Å². The molecule has 0 saturated carbocycles. The zero-order chi connectivity index (χ0) is 16.2. The monoisotopic (exact) mass is 316 g/mol. The molecule has 0 aliphatic rings. The van der Waals surface area contributed by atoms with Crippen molar-refractivity contribution in [2.24, 2.45) is 5.41 Å². The Morgan fingerprint density at radius 3 is 2.43 bits per heavy atom. The smallest absolute Gasteiger partial charge is 0.323 e. The zero-order valence-corrected chi connectivity index (χ0v) is 13.5. The number of nitrogens with zero attached hydrogens (tertiary/aromatic N) is 2. The summed E-state index contributed by atoms with van der Waals surface area (Å²) in [6.07, 6.45) is 0.586. The number of rotatable bonds is 7. The number of carboxylic acids is 1. The van der Waals surface area contributed by atoms with Gasteiger partial charge in [-0.1, -0.05) is 18.5 Å². The predicted molar refractivity (Wildman–Crippen MR) is 78.4 cm³/mol. The summed E-state index contributed by atoms with van der Waals surface area (Å²) in [5.74, 6) is -2.01. The quantitative estimate of drug-likeness (QED) is 0.616. The molecule has 0 fully saturated rings. The lowest BCUT2D eigenvalue weighted by atomic mass is 9.85. The van der Waals surface area contributed by atoms with Crippen molar-refractivity contribution in [3.05, 3.63) is 16.4 Å². The molecule has 6 nitrogen and oxygen atoms in total. The number of halogens is 1. The fourth-order valence-corrected chi connectivity index (χ4v) is 2.38. The topological polar surface area (TPSA) is 81.4 Å². The second kappa shape index (κ2) is 6.93. The number of hydrogen-bond acceptors (Lipinski definition) is 4. The van der Waals surface area contributed by atoms with Crippen LogP contribution in [-0.2, 0) is 33.7 Å². The van der Waals surface area contributed by atoms with E-state index in [0.29, 0.717) is 29.4 Å². The van der Waals surface area contributed by atoms with Gasteiger partial charge in [-0.3, -0.25) is 14.3 Å². The third kappa shape index (κ3) is 3.37. The Bertz CT molecular complexity index is 541. The van der Waals surface area contributed by atoms with Crippen LogP contribution in [0, 0.1) is 5.41 Å². The van der Waals surface area contributed by atoms with E-state index in [4.69, 9.17) is 16.3 Å². The molecule has 1 unspecified atom stereocenters. The summed E-state index contributed by atoms with van der Waals surface area (Å²) >= 11 is 6.27. The van der Waals surface area contributed by atoms with Crippen LogP contribution >= 0.6 is 11.6 Å². The van der Waals surface area contributed by atoms with Crippen molar-refractivity contribution in [3.63, 3.8) is 0 Å². The number of carbonyl (C=O) groups is 2. The van der Waals surface area contributed by atoms with Crippen LogP contribution in [0.4, 0.5) is 0 Å². The molecule has 118 valence electrons. The number of aromatic nitrogens is 2. The van der Waals surface area contributed by atoms with Gasteiger partial charge in [0.25, 0.3) is 0 Å². The van der Waals surface area contributed by atoms with Gasteiger partial charge in [0, 0.05) is 13.0 Å². The summed E-state index contributed by atoms with van der Waals surface area (Å²) in [7, 11) is 0. The van der Waals surface area contributed by atoms with E-state index in [-0.39, 0.29) is 13.0 Å². The van der Waals surface area contributed by atoms with Crippen LogP contribution in [-0.4, -0.2) is 33.4 Å². The Labute approximate surface area is 129 Å². The molecular formula is C14H21ClN2O4. The molecule has 1 aromatic rings. The molecule has 1 atom stereocenters. The van der Waals surface area contributed by atoms with Gasteiger partial charge in [0.15, 0.2) is 5.41 Å². The summed E-state index contributed by atoms with van der Waals surface area (Å²) < 4.78 is 6.53. The van der Waals surface area contributed by atoms with Crippen molar-refractivity contribution < 1.29 is 19.4 Å². The number of carbonyl (C=O) groups excluding carboxylic acids is 1. The highest BCUT2D eigenvalue weighted by molar-refractivity contribution is 6.32. The Hall–Kier alpha value is -1.56. The van der Waals surface area contributed by atoms with Crippen LogP contribution in [0.3, 0.4) is 0 Å². The third-order valence-corrected chi connectivity index (χ3v) is 3.85. The van der Waals surface area contributed by atoms with Crippen molar-refractivity contribution in [1.82, 2.24) is 9.78 Å². The summed E-state index contributed by atoms with van der Waals surface area (Å²) in [5.41, 5.74) is -0.434. The van der Waals surface area contributed by atoms with Gasteiger partial charge in [-0.25, -0.2) is 0 Å². The number of ether oxygens (including phenoxy) is 1. The summed E-state index contributed by atoms with van der Waals surface area (Å²) in [6, 6.07) is 0.